The minimum absolute atomic E-state index is 0.542. The highest BCUT2D eigenvalue weighted by molar-refractivity contribution is 9.10. The molecule has 0 amide bonds. The summed E-state index contributed by atoms with van der Waals surface area (Å²) in [6.07, 6.45) is 2.44. The Balaban J connectivity index is 1.67. The maximum atomic E-state index is 5.38. The molecule has 2 heterocycles. The molecular formula is C15H19BrN4O. The third-order valence-corrected chi connectivity index (χ3v) is 4.32. The zero-order valence-electron chi connectivity index (χ0n) is 12.1. The molecule has 1 atom stereocenters. The predicted octanol–water partition coefficient (Wildman–Crippen LogP) is 2.68. The van der Waals surface area contributed by atoms with Crippen molar-refractivity contribution < 1.29 is 4.52 Å². The average Bonchev–Trinajstić information content (AvgIpc) is 2.97. The first-order chi connectivity index (χ1) is 10.2. The molecule has 0 aliphatic carbocycles. The maximum absolute atomic E-state index is 5.38. The van der Waals surface area contributed by atoms with Gasteiger partial charge in [-0.1, -0.05) is 33.2 Å². The number of nitrogens with one attached hydrogen (secondary N) is 1. The molecule has 0 saturated carbocycles. The van der Waals surface area contributed by atoms with Crippen LogP contribution >= 0.6 is 15.9 Å². The van der Waals surface area contributed by atoms with Gasteiger partial charge >= 0.3 is 0 Å². The van der Waals surface area contributed by atoms with Crippen molar-refractivity contribution in [1.82, 2.24) is 20.4 Å². The third-order valence-electron chi connectivity index (χ3n) is 3.83. The second-order valence-electron chi connectivity index (χ2n) is 5.44. The van der Waals surface area contributed by atoms with Gasteiger partial charge in [0.25, 0.3) is 0 Å². The maximum Gasteiger partial charge on any atom is 0.241 e. The number of hydrogen-bond donors (Lipinski definition) is 1. The van der Waals surface area contributed by atoms with E-state index in [9.17, 15) is 0 Å². The Bertz CT molecular complexity index is 595. The number of likely N-dealkylation sites (N-methyl/N-ethyl adjacent to an activating group) is 1. The van der Waals surface area contributed by atoms with Gasteiger partial charge in [0, 0.05) is 22.6 Å². The highest BCUT2D eigenvalue weighted by atomic mass is 79.9. The lowest BCUT2D eigenvalue weighted by molar-refractivity contribution is 0.174. The summed E-state index contributed by atoms with van der Waals surface area (Å²) in [6.45, 7) is 2.84. The van der Waals surface area contributed by atoms with Gasteiger partial charge in [-0.05, 0) is 38.6 Å². The van der Waals surface area contributed by atoms with Crippen molar-refractivity contribution in [1.29, 1.82) is 0 Å². The van der Waals surface area contributed by atoms with Crippen molar-refractivity contribution in [2.75, 3.05) is 20.1 Å². The number of piperidine rings is 1. The highest BCUT2D eigenvalue weighted by Crippen LogP contribution is 2.21. The molecule has 5 nitrogen and oxygen atoms in total. The molecule has 3 rings (SSSR count). The van der Waals surface area contributed by atoms with Gasteiger partial charge in [-0.2, -0.15) is 4.98 Å². The van der Waals surface area contributed by atoms with Gasteiger partial charge in [-0.25, -0.2) is 0 Å². The van der Waals surface area contributed by atoms with E-state index in [-0.39, 0.29) is 0 Å². The quantitative estimate of drug-likeness (QED) is 0.918. The van der Waals surface area contributed by atoms with Gasteiger partial charge in [0.1, 0.15) is 0 Å². The van der Waals surface area contributed by atoms with Gasteiger partial charge in [0.15, 0.2) is 0 Å². The SMILES string of the molecule is CN(Cc1nc(-c2cccc(Br)c2)no1)C1CCCNC1. The molecule has 1 unspecified atom stereocenters. The van der Waals surface area contributed by atoms with E-state index in [1.54, 1.807) is 0 Å². The van der Waals surface area contributed by atoms with Crippen LogP contribution in [0.15, 0.2) is 33.3 Å². The zero-order valence-corrected chi connectivity index (χ0v) is 13.6. The summed E-state index contributed by atoms with van der Waals surface area (Å²) in [5.74, 6) is 1.31. The van der Waals surface area contributed by atoms with Gasteiger partial charge in [0.2, 0.25) is 11.7 Å². The van der Waals surface area contributed by atoms with Crippen molar-refractivity contribution >= 4 is 15.9 Å². The molecule has 1 N–H and O–H groups in total. The second kappa shape index (κ2) is 6.68. The third kappa shape index (κ3) is 3.70. The van der Waals surface area contributed by atoms with Crippen molar-refractivity contribution in [3.05, 3.63) is 34.6 Å². The van der Waals surface area contributed by atoms with Crippen LogP contribution in [0.3, 0.4) is 0 Å². The lowest BCUT2D eigenvalue weighted by atomic mass is 10.1. The summed E-state index contributed by atoms with van der Waals surface area (Å²) < 4.78 is 6.39. The molecule has 1 aromatic carbocycles. The Hall–Kier alpha value is -1.24. The highest BCUT2D eigenvalue weighted by Gasteiger charge is 2.20. The van der Waals surface area contributed by atoms with Gasteiger partial charge < -0.3 is 9.84 Å². The molecule has 2 aromatic rings. The fraction of sp³-hybridized carbons (Fsp3) is 0.467. The molecule has 0 bridgehead atoms. The summed E-state index contributed by atoms with van der Waals surface area (Å²) in [7, 11) is 2.11. The average molecular weight is 351 g/mol. The van der Waals surface area contributed by atoms with E-state index in [2.05, 4.69) is 43.3 Å². The summed E-state index contributed by atoms with van der Waals surface area (Å²) in [5, 5.41) is 7.50. The number of rotatable bonds is 4. The van der Waals surface area contributed by atoms with Gasteiger partial charge in [-0.15, -0.1) is 0 Å². The minimum atomic E-state index is 0.542. The number of hydrogen-bond acceptors (Lipinski definition) is 5. The fourth-order valence-electron chi connectivity index (χ4n) is 2.62. The van der Waals surface area contributed by atoms with Crippen molar-refractivity contribution in [3.63, 3.8) is 0 Å². The van der Waals surface area contributed by atoms with E-state index in [0.29, 0.717) is 24.3 Å². The predicted molar refractivity (Wildman–Crippen MR) is 84.8 cm³/mol. The molecule has 1 saturated heterocycles. The largest absolute Gasteiger partial charge is 0.338 e. The molecule has 21 heavy (non-hydrogen) atoms. The molecule has 6 heteroatoms. The molecule has 0 spiro atoms. The summed E-state index contributed by atoms with van der Waals surface area (Å²) in [5.41, 5.74) is 0.960. The molecule has 1 aliphatic heterocycles. The van der Waals surface area contributed by atoms with Crippen LogP contribution in [0.1, 0.15) is 18.7 Å². The van der Waals surface area contributed by atoms with Gasteiger partial charge in [-0.3, -0.25) is 4.90 Å². The Morgan fingerprint density at radius 2 is 2.38 bits per heavy atom. The first-order valence-electron chi connectivity index (χ1n) is 7.22. The van der Waals surface area contributed by atoms with Crippen LogP contribution in [0, 0.1) is 0 Å². The molecular weight excluding hydrogens is 332 g/mol. The van der Waals surface area contributed by atoms with Crippen molar-refractivity contribution in [2.45, 2.75) is 25.4 Å². The monoisotopic (exact) mass is 350 g/mol. The number of aromatic nitrogens is 2. The van der Waals surface area contributed by atoms with Crippen LogP contribution in [0.2, 0.25) is 0 Å². The molecule has 112 valence electrons. The van der Waals surface area contributed by atoms with Crippen LogP contribution in [0.4, 0.5) is 0 Å². The van der Waals surface area contributed by atoms with E-state index in [0.717, 1.165) is 23.1 Å². The van der Waals surface area contributed by atoms with E-state index in [4.69, 9.17) is 4.52 Å². The molecule has 1 aliphatic rings. The standard InChI is InChI=1S/C15H19BrN4O/c1-20(13-6-3-7-17-9-13)10-14-18-15(19-21-14)11-4-2-5-12(16)8-11/h2,4-5,8,13,17H,3,6-7,9-10H2,1H3. The van der Waals surface area contributed by atoms with Gasteiger partial charge in [0.05, 0.1) is 6.54 Å². The smallest absolute Gasteiger partial charge is 0.241 e. The normalized spacial score (nSPS) is 19.1. The molecule has 1 fully saturated rings. The Morgan fingerprint density at radius 1 is 1.48 bits per heavy atom. The zero-order chi connectivity index (χ0) is 14.7. The van der Waals surface area contributed by atoms with E-state index < -0.39 is 0 Å². The Kier molecular flexibility index (Phi) is 4.67. The van der Waals surface area contributed by atoms with E-state index >= 15 is 0 Å². The van der Waals surface area contributed by atoms with Crippen LogP contribution in [0.5, 0.6) is 0 Å². The molecule has 1 aromatic heterocycles. The van der Waals surface area contributed by atoms with Crippen LogP contribution < -0.4 is 5.32 Å². The van der Waals surface area contributed by atoms with Crippen molar-refractivity contribution in [2.24, 2.45) is 0 Å². The number of benzene rings is 1. The Labute approximate surface area is 132 Å². The summed E-state index contributed by atoms with van der Waals surface area (Å²) in [4.78, 5) is 6.78. The van der Waals surface area contributed by atoms with Crippen molar-refractivity contribution in [3.8, 4) is 11.4 Å². The van der Waals surface area contributed by atoms with Crippen LogP contribution in [0.25, 0.3) is 11.4 Å². The van der Waals surface area contributed by atoms with E-state index in [1.807, 2.05) is 24.3 Å². The summed E-state index contributed by atoms with van der Waals surface area (Å²) >= 11 is 3.46. The van der Waals surface area contributed by atoms with Crippen LogP contribution in [-0.4, -0.2) is 41.2 Å². The Morgan fingerprint density at radius 3 is 3.14 bits per heavy atom. The first-order valence-corrected chi connectivity index (χ1v) is 8.01. The lowest BCUT2D eigenvalue weighted by Crippen LogP contribution is -2.43. The fourth-order valence-corrected chi connectivity index (χ4v) is 3.02. The van der Waals surface area contributed by atoms with Crippen LogP contribution in [-0.2, 0) is 6.54 Å². The summed E-state index contributed by atoms with van der Waals surface area (Å²) in [6, 6.07) is 8.46. The topological polar surface area (TPSA) is 54.2 Å². The lowest BCUT2D eigenvalue weighted by Gasteiger charge is -2.30. The molecule has 0 radical (unpaired) electrons. The van der Waals surface area contributed by atoms with E-state index in [1.165, 1.54) is 12.8 Å². The second-order valence-corrected chi connectivity index (χ2v) is 6.35. The first kappa shape index (κ1) is 14.7. The number of nitrogens with zero attached hydrogens (tertiary/aromatic N) is 3. The minimum Gasteiger partial charge on any atom is -0.338 e. The number of halogens is 1.